The van der Waals surface area contributed by atoms with Crippen molar-refractivity contribution < 1.29 is 14.0 Å². The number of benzene rings is 2. The molecular formula is C18H20FN3O2. The normalized spacial score (nSPS) is 10.1. The molecule has 2 rings (SSSR count). The quantitative estimate of drug-likeness (QED) is 0.761. The summed E-state index contributed by atoms with van der Waals surface area (Å²) >= 11 is 0. The Hall–Kier alpha value is -2.89. The van der Waals surface area contributed by atoms with Gasteiger partial charge in [0.2, 0.25) is 5.91 Å². The van der Waals surface area contributed by atoms with Crippen LogP contribution in [0.3, 0.4) is 0 Å². The average molecular weight is 329 g/mol. The number of rotatable bonds is 6. The van der Waals surface area contributed by atoms with E-state index in [1.807, 2.05) is 30.3 Å². The van der Waals surface area contributed by atoms with Crippen LogP contribution in [-0.4, -0.2) is 18.5 Å². The number of amides is 3. The highest BCUT2D eigenvalue weighted by molar-refractivity contribution is 5.83. The zero-order valence-electron chi connectivity index (χ0n) is 13.4. The van der Waals surface area contributed by atoms with Crippen LogP contribution in [0.1, 0.15) is 16.7 Å². The maximum absolute atomic E-state index is 13.2. The van der Waals surface area contributed by atoms with Crippen molar-refractivity contribution in [1.29, 1.82) is 0 Å². The van der Waals surface area contributed by atoms with Crippen molar-refractivity contribution in [3.63, 3.8) is 0 Å². The Bertz CT molecular complexity index is 705. The largest absolute Gasteiger partial charge is 0.350 e. The molecule has 3 N–H and O–H groups in total. The van der Waals surface area contributed by atoms with Crippen molar-refractivity contribution in [3.8, 4) is 0 Å². The fraction of sp³-hybridized carbons (Fsp3) is 0.222. The lowest BCUT2D eigenvalue weighted by Crippen LogP contribution is -2.41. The Balaban J connectivity index is 1.67. The summed E-state index contributed by atoms with van der Waals surface area (Å²) in [5.74, 6) is -0.589. The number of carbonyl (C=O) groups excluding carboxylic acids is 2. The van der Waals surface area contributed by atoms with E-state index in [-0.39, 0.29) is 24.8 Å². The third-order valence-corrected chi connectivity index (χ3v) is 3.42. The number of halogens is 1. The van der Waals surface area contributed by atoms with Gasteiger partial charge in [-0.05, 0) is 29.7 Å². The molecule has 0 spiro atoms. The molecule has 0 radical (unpaired) electrons. The number of hydrogen-bond acceptors (Lipinski definition) is 2. The zero-order chi connectivity index (χ0) is 17.4. The van der Waals surface area contributed by atoms with Gasteiger partial charge < -0.3 is 16.0 Å². The van der Waals surface area contributed by atoms with Gasteiger partial charge in [-0.3, -0.25) is 4.79 Å². The van der Waals surface area contributed by atoms with E-state index in [9.17, 15) is 14.0 Å². The molecule has 0 unspecified atom stereocenters. The standard InChI is InChI=1S/C18H20FN3O2/c1-13-9-15(7-8-16(13)19)11-20-17(23)12-22-18(24)21-10-14-5-3-2-4-6-14/h2-9H,10-12H2,1H3,(H,20,23)(H2,21,22,24). The van der Waals surface area contributed by atoms with Gasteiger partial charge in [-0.25, -0.2) is 9.18 Å². The molecule has 0 saturated heterocycles. The van der Waals surface area contributed by atoms with Gasteiger partial charge >= 0.3 is 6.03 Å². The van der Waals surface area contributed by atoms with E-state index < -0.39 is 6.03 Å². The van der Waals surface area contributed by atoms with Gasteiger partial charge in [0.1, 0.15) is 5.82 Å². The molecule has 5 nitrogen and oxygen atoms in total. The highest BCUT2D eigenvalue weighted by Crippen LogP contribution is 2.08. The van der Waals surface area contributed by atoms with Gasteiger partial charge in [0.25, 0.3) is 0 Å². The second-order valence-electron chi connectivity index (χ2n) is 5.38. The molecular weight excluding hydrogens is 309 g/mol. The number of hydrogen-bond donors (Lipinski definition) is 3. The molecule has 3 amide bonds. The highest BCUT2D eigenvalue weighted by atomic mass is 19.1. The molecule has 6 heteroatoms. The number of nitrogens with one attached hydrogen (secondary N) is 3. The van der Waals surface area contributed by atoms with Gasteiger partial charge in [0.05, 0.1) is 6.54 Å². The van der Waals surface area contributed by atoms with Crippen LogP contribution in [0.15, 0.2) is 48.5 Å². The minimum atomic E-state index is -0.411. The topological polar surface area (TPSA) is 70.2 Å². The smallest absolute Gasteiger partial charge is 0.315 e. The lowest BCUT2D eigenvalue weighted by molar-refractivity contribution is -0.120. The molecule has 2 aromatic rings. The van der Waals surface area contributed by atoms with E-state index in [0.29, 0.717) is 12.1 Å². The summed E-state index contributed by atoms with van der Waals surface area (Å²) in [4.78, 5) is 23.4. The summed E-state index contributed by atoms with van der Waals surface area (Å²) in [6, 6.07) is 13.7. The molecule has 0 bridgehead atoms. The predicted molar refractivity (Wildman–Crippen MR) is 89.7 cm³/mol. The molecule has 24 heavy (non-hydrogen) atoms. The van der Waals surface area contributed by atoms with Gasteiger partial charge in [-0.15, -0.1) is 0 Å². The third-order valence-electron chi connectivity index (χ3n) is 3.42. The maximum Gasteiger partial charge on any atom is 0.315 e. The lowest BCUT2D eigenvalue weighted by Gasteiger charge is -2.09. The lowest BCUT2D eigenvalue weighted by atomic mass is 10.1. The van der Waals surface area contributed by atoms with Crippen LogP contribution >= 0.6 is 0 Å². The number of aryl methyl sites for hydroxylation is 1. The summed E-state index contributed by atoms with van der Waals surface area (Å²) < 4.78 is 13.2. The zero-order valence-corrected chi connectivity index (χ0v) is 13.4. The van der Waals surface area contributed by atoms with E-state index in [1.165, 1.54) is 6.07 Å². The highest BCUT2D eigenvalue weighted by Gasteiger charge is 2.06. The first-order valence-electron chi connectivity index (χ1n) is 7.62. The van der Waals surface area contributed by atoms with Crippen molar-refractivity contribution in [2.75, 3.05) is 6.54 Å². The van der Waals surface area contributed by atoms with Crippen molar-refractivity contribution in [1.82, 2.24) is 16.0 Å². The van der Waals surface area contributed by atoms with Gasteiger partial charge in [-0.2, -0.15) is 0 Å². The van der Waals surface area contributed by atoms with Gasteiger partial charge in [0.15, 0.2) is 0 Å². The minimum Gasteiger partial charge on any atom is -0.350 e. The summed E-state index contributed by atoms with van der Waals surface area (Å²) in [6.45, 7) is 2.22. The summed E-state index contributed by atoms with van der Waals surface area (Å²) in [5, 5.41) is 7.83. The summed E-state index contributed by atoms with van der Waals surface area (Å²) in [7, 11) is 0. The Morgan fingerprint density at radius 3 is 2.33 bits per heavy atom. The Morgan fingerprint density at radius 2 is 1.62 bits per heavy atom. The first kappa shape index (κ1) is 17.5. The molecule has 0 fully saturated rings. The van der Waals surface area contributed by atoms with Crippen LogP contribution < -0.4 is 16.0 Å². The van der Waals surface area contributed by atoms with Crippen molar-refractivity contribution in [3.05, 3.63) is 71.0 Å². The van der Waals surface area contributed by atoms with E-state index in [1.54, 1.807) is 19.1 Å². The Kier molecular flexibility index (Phi) is 6.31. The minimum absolute atomic E-state index is 0.124. The fourth-order valence-electron chi connectivity index (χ4n) is 2.08. The second kappa shape index (κ2) is 8.67. The fourth-order valence-corrected chi connectivity index (χ4v) is 2.08. The number of carbonyl (C=O) groups is 2. The van der Waals surface area contributed by atoms with Crippen LogP contribution in [0.4, 0.5) is 9.18 Å². The monoisotopic (exact) mass is 329 g/mol. The van der Waals surface area contributed by atoms with Crippen LogP contribution in [-0.2, 0) is 17.9 Å². The third kappa shape index (κ3) is 5.72. The van der Waals surface area contributed by atoms with E-state index in [0.717, 1.165) is 11.1 Å². The molecule has 126 valence electrons. The van der Waals surface area contributed by atoms with Gasteiger partial charge in [0, 0.05) is 13.1 Å². The SMILES string of the molecule is Cc1cc(CNC(=O)CNC(=O)NCc2ccccc2)ccc1F. The van der Waals surface area contributed by atoms with E-state index in [4.69, 9.17) is 0 Å². The van der Waals surface area contributed by atoms with E-state index >= 15 is 0 Å². The molecule has 0 aliphatic carbocycles. The van der Waals surface area contributed by atoms with Crippen LogP contribution in [0.25, 0.3) is 0 Å². The Labute approximate surface area is 140 Å². The molecule has 0 saturated carbocycles. The molecule has 0 aliphatic heterocycles. The molecule has 2 aromatic carbocycles. The predicted octanol–water partition coefficient (Wildman–Crippen LogP) is 2.25. The molecule has 0 aromatic heterocycles. The van der Waals surface area contributed by atoms with Crippen molar-refractivity contribution in [2.24, 2.45) is 0 Å². The van der Waals surface area contributed by atoms with Crippen molar-refractivity contribution in [2.45, 2.75) is 20.0 Å². The Morgan fingerprint density at radius 1 is 0.917 bits per heavy atom. The first-order chi connectivity index (χ1) is 11.5. The van der Waals surface area contributed by atoms with Crippen LogP contribution in [0, 0.1) is 12.7 Å². The molecule has 0 aliphatic rings. The van der Waals surface area contributed by atoms with Gasteiger partial charge in [-0.1, -0.05) is 42.5 Å². The number of urea groups is 1. The maximum atomic E-state index is 13.2. The van der Waals surface area contributed by atoms with Crippen molar-refractivity contribution >= 4 is 11.9 Å². The first-order valence-corrected chi connectivity index (χ1v) is 7.62. The molecule has 0 atom stereocenters. The summed E-state index contributed by atoms with van der Waals surface area (Å²) in [6.07, 6.45) is 0. The van der Waals surface area contributed by atoms with Crippen LogP contribution in [0.5, 0.6) is 0 Å². The van der Waals surface area contributed by atoms with Crippen LogP contribution in [0.2, 0.25) is 0 Å². The van der Waals surface area contributed by atoms with E-state index in [2.05, 4.69) is 16.0 Å². The second-order valence-corrected chi connectivity index (χ2v) is 5.38. The molecule has 0 heterocycles. The average Bonchev–Trinajstić information content (AvgIpc) is 2.60. The summed E-state index contributed by atoms with van der Waals surface area (Å²) in [5.41, 5.74) is 2.31.